The SMILES string of the molecule is CCOc1cc(C2C3=C(CC(C)(C)CC3=O)N(Cc3ccccc3)C3=C2C(=O)CC(C)(C)C3)cc(Cl)c1OCc1ccc(Br)cc1. The molecule has 1 heterocycles. The summed E-state index contributed by atoms with van der Waals surface area (Å²) in [6.45, 7) is 11.9. The zero-order valence-corrected chi connectivity index (χ0v) is 29.6. The van der Waals surface area contributed by atoms with Gasteiger partial charge in [0.15, 0.2) is 23.1 Å². The van der Waals surface area contributed by atoms with E-state index in [1.54, 1.807) is 0 Å². The van der Waals surface area contributed by atoms with Crippen LogP contribution in [0.25, 0.3) is 0 Å². The number of hydrogen-bond acceptors (Lipinski definition) is 5. The van der Waals surface area contributed by atoms with Crippen molar-refractivity contribution in [1.29, 1.82) is 0 Å². The number of carbonyl (C=O) groups excluding carboxylic acids is 2. The van der Waals surface area contributed by atoms with Gasteiger partial charge in [-0.1, -0.05) is 97.7 Å². The number of Topliss-reactive ketones (excluding diaryl/α,β-unsaturated/α-hetero) is 2. The van der Waals surface area contributed by atoms with E-state index in [2.05, 4.69) is 60.7 Å². The average Bonchev–Trinajstić information content (AvgIpc) is 2.97. The fourth-order valence-electron chi connectivity index (χ4n) is 7.23. The predicted octanol–water partition coefficient (Wildman–Crippen LogP) is 9.97. The molecule has 240 valence electrons. The summed E-state index contributed by atoms with van der Waals surface area (Å²) in [6, 6.07) is 22.0. The monoisotopic (exact) mass is 701 g/mol. The van der Waals surface area contributed by atoms with Crippen molar-refractivity contribution in [3.8, 4) is 11.5 Å². The van der Waals surface area contributed by atoms with Crippen LogP contribution in [-0.4, -0.2) is 23.1 Å². The average molecular weight is 703 g/mol. The van der Waals surface area contributed by atoms with Crippen LogP contribution in [0.15, 0.2) is 93.7 Å². The first-order valence-corrected chi connectivity index (χ1v) is 17.2. The van der Waals surface area contributed by atoms with Gasteiger partial charge in [-0.25, -0.2) is 0 Å². The summed E-state index contributed by atoms with van der Waals surface area (Å²) in [5.41, 5.74) is 5.96. The van der Waals surface area contributed by atoms with Gasteiger partial charge in [0.05, 0.1) is 11.6 Å². The lowest BCUT2D eigenvalue weighted by atomic mass is 9.63. The Balaban J connectivity index is 1.51. The smallest absolute Gasteiger partial charge is 0.180 e. The van der Waals surface area contributed by atoms with Crippen LogP contribution in [0.4, 0.5) is 0 Å². The van der Waals surface area contributed by atoms with Crippen LogP contribution >= 0.6 is 27.5 Å². The molecule has 0 aromatic heterocycles. The highest BCUT2D eigenvalue weighted by Gasteiger charge is 2.49. The van der Waals surface area contributed by atoms with Crippen LogP contribution in [0.5, 0.6) is 11.5 Å². The normalized spacial score (nSPS) is 19.2. The van der Waals surface area contributed by atoms with Gasteiger partial charge >= 0.3 is 0 Å². The van der Waals surface area contributed by atoms with Crippen molar-refractivity contribution < 1.29 is 19.1 Å². The van der Waals surface area contributed by atoms with Crippen molar-refractivity contribution in [2.45, 2.75) is 79.4 Å². The second kappa shape index (κ2) is 12.7. The number of halogens is 2. The van der Waals surface area contributed by atoms with Gasteiger partial charge in [-0.3, -0.25) is 9.59 Å². The minimum atomic E-state index is -0.526. The Labute approximate surface area is 285 Å². The molecular weight excluding hydrogens is 662 g/mol. The van der Waals surface area contributed by atoms with E-state index in [0.29, 0.717) is 60.3 Å². The van der Waals surface area contributed by atoms with Crippen LogP contribution in [0.2, 0.25) is 5.02 Å². The standard InChI is InChI=1S/C39H41BrClNO4/c1-6-45-33-17-26(16-28(41)37(33)46-23-25-12-14-27(40)15-13-25)34-35-29(18-38(2,3)20-31(35)43)42(22-24-10-8-7-9-11-24)30-19-39(4,5)21-32(44)36(30)34/h7-17,34H,6,18-23H2,1-5H3. The van der Waals surface area contributed by atoms with Gasteiger partial charge in [-0.05, 0) is 71.6 Å². The van der Waals surface area contributed by atoms with E-state index in [4.69, 9.17) is 21.1 Å². The lowest BCUT2D eigenvalue weighted by Crippen LogP contribution is -2.44. The molecule has 2 aliphatic carbocycles. The molecule has 7 heteroatoms. The van der Waals surface area contributed by atoms with Gasteiger partial charge in [0.25, 0.3) is 0 Å². The van der Waals surface area contributed by atoms with Gasteiger partial charge in [-0.2, -0.15) is 0 Å². The third kappa shape index (κ3) is 6.57. The number of benzene rings is 3. The Morgan fingerprint density at radius 3 is 1.96 bits per heavy atom. The van der Waals surface area contributed by atoms with E-state index in [1.807, 2.05) is 61.5 Å². The van der Waals surface area contributed by atoms with E-state index in [1.165, 1.54) is 0 Å². The van der Waals surface area contributed by atoms with Gasteiger partial charge in [-0.15, -0.1) is 0 Å². The number of carbonyl (C=O) groups is 2. The maximum atomic E-state index is 14.3. The number of nitrogens with zero attached hydrogens (tertiary/aromatic N) is 1. The fourth-order valence-corrected chi connectivity index (χ4v) is 7.77. The molecule has 0 bridgehead atoms. The number of ether oxygens (including phenoxy) is 2. The Kier molecular flexibility index (Phi) is 8.99. The fraction of sp³-hybridized carbons (Fsp3) is 0.385. The van der Waals surface area contributed by atoms with Crippen LogP contribution in [0.3, 0.4) is 0 Å². The number of allylic oxidation sites excluding steroid dienone is 4. The quantitative estimate of drug-likeness (QED) is 0.234. The molecule has 0 saturated carbocycles. The largest absolute Gasteiger partial charge is 0.490 e. The minimum absolute atomic E-state index is 0.0862. The van der Waals surface area contributed by atoms with Crippen molar-refractivity contribution in [3.63, 3.8) is 0 Å². The third-order valence-corrected chi connectivity index (χ3v) is 9.98. The number of rotatable bonds is 8. The predicted molar refractivity (Wildman–Crippen MR) is 186 cm³/mol. The summed E-state index contributed by atoms with van der Waals surface area (Å²) in [6.07, 6.45) is 2.32. The molecule has 5 nitrogen and oxygen atoms in total. The molecular formula is C39H41BrClNO4. The van der Waals surface area contributed by atoms with Crippen LogP contribution in [-0.2, 0) is 22.7 Å². The topological polar surface area (TPSA) is 55.8 Å². The van der Waals surface area contributed by atoms with Crippen LogP contribution in [0.1, 0.15) is 82.9 Å². The highest BCUT2D eigenvalue weighted by molar-refractivity contribution is 9.10. The van der Waals surface area contributed by atoms with Gasteiger partial charge in [0, 0.05) is 52.3 Å². The molecule has 0 radical (unpaired) electrons. The molecule has 0 N–H and O–H groups in total. The maximum Gasteiger partial charge on any atom is 0.180 e. The van der Waals surface area contributed by atoms with E-state index in [0.717, 1.165) is 45.4 Å². The van der Waals surface area contributed by atoms with Crippen molar-refractivity contribution in [3.05, 3.63) is 115 Å². The van der Waals surface area contributed by atoms with Gasteiger partial charge in [0.1, 0.15) is 6.61 Å². The first-order chi connectivity index (χ1) is 21.9. The molecule has 1 aliphatic heterocycles. The van der Waals surface area contributed by atoms with Crippen molar-refractivity contribution in [1.82, 2.24) is 4.90 Å². The molecule has 3 aliphatic rings. The minimum Gasteiger partial charge on any atom is -0.490 e. The molecule has 0 fully saturated rings. The van der Waals surface area contributed by atoms with E-state index in [9.17, 15) is 9.59 Å². The Hall–Kier alpha value is -3.35. The molecule has 0 unspecified atom stereocenters. The zero-order chi connectivity index (χ0) is 32.8. The summed E-state index contributed by atoms with van der Waals surface area (Å²) in [4.78, 5) is 30.8. The van der Waals surface area contributed by atoms with E-state index < -0.39 is 5.92 Å². The Bertz CT molecular complexity index is 1690. The second-order valence-corrected chi connectivity index (χ2v) is 15.6. The summed E-state index contributed by atoms with van der Waals surface area (Å²) < 4.78 is 13.4. The second-order valence-electron chi connectivity index (χ2n) is 14.3. The highest BCUT2D eigenvalue weighted by Crippen LogP contribution is 2.56. The molecule has 0 spiro atoms. The zero-order valence-electron chi connectivity index (χ0n) is 27.2. The third-order valence-electron chi connectivity index (χ3n) is 9.17. The molecule has 0 atom stereocenters. The first kappa shape index (κ1) is 32.6. The summed E-state index contributed by atoms with van der Waals surface area (Å²) in [5.74, 6) is 0.602. The van der Waals surface area contributed by atoms with Crippen molar-refractivity contribution in [2.24, 2.45) is 10.8 Å². The molecule has 6 rings (SSSR count). The van der Waals surface area contributed by atoms with Crippen LogP contribution in [0, 0.1) is 10.8 Å². The Morgan fingerprint density at radius 1 is 0.804 bits per heavy atom. The molecule has 3 aromatic carbocycles. The maximum absolute atomic E-state index is 14.3. The molecule has 3 aromatic rings. The van der Waals surface area contributed by atoms with Crippen molar-refractivity contribution in [2.75, 3.05) is 6.61 Å². The Morgan fingerprint density at radius 2 is 1.39 bits per heavy atom. The molecule has 0 amide bonds. The molecule has 0 saturated heterocycles. The lowest BCUT2D eigenvalue weighted by molar-refractivity contribution is -0.119. The molecule has 46 heavy (non-hydrogen) atoms. The summed E-state index contributed by atoms with van der Waals surface area (Å²) in [7, 11) is 0. The van der Waals surface area contributed by atoms with Crippen LogP contribution < -0.4 is 9.47 Å². The number of ketones is 2. The summed E-state index contributed by atoms with van der Waals surface area (Å²) in [5, 5.41) is 0.390. The number of hydrogen-bond donors (Lipinski definition) is 0. The first-order valence-electron chi connectivity index (χ1n) is 16.0. The lowest BCUT2D eigenvalue weighted by Gasteiger charge is -2.49. The van der Waals surface area contributed by atoms with E-state index >= 15 is 0 Å². The van der Waals surface area contributed by atoms with Gasteiger partial charge in [0.2, 0.25) is 0 Å². The highest BCUT2D eigenvalue weighted by atomic mass is 79.9. The van der Waals surface area contributed by atoms with Gasteiger partial charge < -0.3 is 14.4 Å². The van der Waals surface area contributed by atoms with Crippen molar-refractivity contribution >= 4 is 39.1 Å². The van der Waals surface area contributed by atoms with E-state index in [-0.39, 0.29) is 22.4 Å². The summed E-state index contributed by atoms with van der Waals surface area (Å²) >= 11 is 10.5.